The molecule has 0 aliphatic heterocycles. The highest BCUT2D eigenvalue weighted by atomic mass is 127. The lowest BCUT2D eigenvalue weighted by Gasteiger charge is -2.61. The van der Waals surface area contributed by atoms with Gasteiger partial charge in [0.15, 0.2) is 0 Å². The van der Waals surface area contributed by atoms with Gasteiger partial charge in [0, 0.05) is 0 Å². The van der Waals surface area contributed by atoms with Crippen LogP contribution in [0.4, 0.5) is 0 Å². The Hall–Kier alpha value is 0.730. The maximum absolute atomic E-state index is 2.74. The Morgan fingerprint density at radius 3 is 2.48 bits per heavy atom. The minimum atomic E-state index is 0.684. The van der Waals surface area contributed by atoms with Gasteiger partial charge < -0.3 is 0 Å². The zero-order valence-corrected chi connectivity index (χ0v) is 19.2. The first kappa shape index (κ1) is 19.1. The van der Waals surface area contributed by atoms with E-state index >= 15 is 0 Å². The third-order valence-corrected chi connectivity index (χ3v) is 10.9. The van der Waals surface area contributed by atoms with Gasteiger partial charge in [-0.3, -0.25) is 0 Å². The van der Waals surface area contributed by atoms with E-state index in [0.29, 0.717) is 10.8 Å². The minimum Gasteiger partial charge on any atom is -0.0864 e. The van der Waals surface area contributed by atoms with Gasteiger partial charge in [0.25, 0.3) is 0 Å². The van der Waals surface area contributed by atoms with Crippen LogP contribution in [0.1, 0.15) is 97.8 Å². The van der Waals surface area contributed by atoms with Crippen LogP contribution in [0.2, 0.25) is 0 Å². The molecule has 144 valence electrons. The summed E-state index contributed by atoms with van der Waals surface area (Å²) in [6.45, 7) is 8.06. The van der Waals surface area contributed by atoms with Crippen molar-refractivity contribution in [1.82, 2.24) is 0 Å². The third-order valence-electron chi connectivity index (χ3n) is 10.1. The van der Waals surface area contributed by atoms with E-state index in [1.54, 1.807) is 51.4 Å². The molecule has 4 aliphatic rings. The van der Waals surface area contributed by atoms with Crippen molar-refractivity contribution in [2.75, 3.05) is 4.43 Å². The molecule has 0 amide bonds. The third kappa shape index (κ3) is 3.05. The second kappa shape index (κ2) is 7.28. The highest BCUT2D eigenvalue weighted by Crippen LogP contribution is 2.68. The van der Waals surface area contributed by atoms with Crippen molar-refractivity contribution in [2.45, 2.75) is 97.8 Å². The molecule has 0 unspecified atom stereocenters. The van der Waals surface area contributed by atoms with Gasteiger partial charge in [-0.15, -0.1) is 0 Å². The molecule has 25 heavy (non-hydrogen) atoms. The van der Waals surface area contributed by atoms with Crippen LogP contribution in [-0.4, -0.2) is 4.43 Å². The molecule has 0 saturated heterocycles. The van der Waals surface area contributed by atoms with Crippen LogP contribution in [0.5, 0.6) is 0 Å². The Morgan fingerprint density at radius 1 is 0.880 bits per heavy atom. The number of alkyl halides is 1. The average molecular weight is 456 g/mol. The van der Waals surface area contributed by atoms with Gasteiger partial charge in [-0.05, 0) is 115 Å². The number of rotatable bonds is 4. The van der Waals surface area contributed by atoms with Crippen molar-refractivity contribution in [3.05, 3.63) is 0 Å². The van der Waals surface area contributed by atoms with Gasteiger partial charge in [-0.2, -0.15) is 0 Å². The molecule has 0 radical (unpaired) electrons. The Bertz CT molecular complexity index is 473. The molecule has 1 heteroatoms. The molecule has 0 heterocycles. The fourth-order valence-corrected chi connectivity index (χ4v) is 9.31. The number of hydrogen-bond acceptors (Lipinski definition) is 0. The Morgan fingerprint density at radius 2 is 1.68 bits per heavy atom. The van der Waals surface area contributed by atoms with Crippen LogP contribution in [0.25, 0.3) is 0 Å². The van der Waals surface area contributed by atoms with Gasteiger partial charge >= 0.3 is 0 Å². The lowest BCUT2D eigenvalue weighted by atomic mass is 9.44. The van der Waals surface area contributed by atoms with Gasteiger partial charge in [-0.1, -0.05) is 56.2 Å². The average Bonchev–Trinajstić information content (AvgIpc) is 2.96. The Kier molecular flexibility index (Phi) is 5.55. The van der Waals surface area contributed by atoms with Crippen molar-refractivity contribution in [3.63, 3.8) is 0 Å². The van der Waals surface area contributed by atoms with Crippen LogP contribution < -0.4 is 0 Å². The Labute approximate surface area is 170 Å². The fourth-order valence-electron chi connectivity index (χ4n) is 8.87. The van der Waals surface area contributed by atoms with E-state index < -0.39 is 0 Å². The summed E-state index contributed by atoms with van der Waals surface area (Å²) in [4.78, 5) is 0. The first-order valence-corrected chi connectivity index (χ1v) is 13.1. The summed E-state index contributed by atoms with van der Waals surface area (Å²) < 4.78 is 1.35. The molecule has 0 N–H and O–H groups in total. The lowest BCUT2D eigenvalue weighted by molar-refractivity contribution is -0.114. The summed E-state index contributed by atoms with van der Waals surface area (Å²) in [5.74, 6) is 6.29. The first-order valence-electron chi connectivity index (χ1n) is 11.6. The highest BCUT2D eigenvalue weighted by molar-refractivity contribution is 14.1. The summed E-state index contributed by atoms with van der Waals surface area (Å²) in [6.07, 6.45) is 18.5. The van der Waals surface area contributed by atoms with Gasteiger partial charge in [0.2, 0.25) is 0 Å². The number of fused-ring (bicyclic) bond motifs is 5. The van der Waals surface area contributed by atoms with E-state index in [2.05, 4.69) is 43.4 Å². The quantitative estimate of drug-likeness (QED) is 0.298. The van der Waals surface area contributed by atoms with Gasteiger partial charge in [-0.25, -0.2) is 0 Å². The topological polar surface area (TPSA) is 0 Å². The second-order valence-corrected chi connectivity index (χ2v) is 12.0. The fraction of sp³-hybridized carbons (Fsp3) is 1.00. The lowest BCUT2D eigenvalue weighted by Crippen LogP contribution is -2.53. The Balaban J connectivity index is 1.53. The molecule has 4 rings (SSSR count). The predicted molar refractivity (Wildman–Crippen MR) is 117 cm³/mol. The molecule has 0 bridgehead atoms. The molecular formula is C24H41I. The van der Waals surface area contributed by atoms with Crippen LogP contribution in [-0.2, 0) is 0 Å². The molecule has 4 saturated carbocycles. The molecule has 4 fully saturated rings. The summed E-state index contributed by atoms with van der Waals surface area (Å²) in [6, 6.07) is 0. The minimum absolute atomic E-state index is 0.684. The summed E-state index contributed by atoms with van der Waals surface area (Å²) in [7, 11) is 0. The monoisotopic (exact) mass is 456 g/mol. The van der Waals surface area contributed by atoms with E-state index in [9.17, 15) is 0 Å². The zero-order valence-electron chi connectivity index (χ0n) is 17.0. The van der Waals surface area contributed by atoms with Crippen molar-refractivity contribution >= 4 is 22.6 Å². The molecule has 0 aromatic carbocycles. The maximum Gasteiger partial charge on any atom is -0.000463 e. The van der Waals surface area contributed by atoms with Crippen molar-refractivity contribution < 1.29 is 0 Å². The standard InChI is InChI=1S/C24H41I/c1-17(7-6-16-25)20-11-12-21-19-10-9-18-8-4-5-14-23(18,2)22(19)13-15-24(20,21)3/h17-22H,4-16H2,1-3H3/t17-,18+,19+,20-,21+,22+,23+,24-/m1/s1. The molecule has 0 aromatic rings. The largest absolute Gasteiger partial charge is 0.0864 e. The molecule has 8 atom stereocenters. The summed E-state index contributed by atoms with van der Waals surface area (Å²) in [5, 5.41) is 0. The van der Waals surface area contributed by atoms with Crippen molar-refractivity contribution in [1.29, 1.82) is 0 Å². The van der Waals surface area contributed by atoms with Crippen molar-refractivity contribution in [3.8, 4) is 0 Å². The smallest absolute Gasteiger partial charge is 0.000463 e. The van der Waals surface area contributed by atoms with E-state index in [4.69, 9.17) is 0 Å². The summed E-state index contributed by atoms with van der Waals surface area (Å²) >= 11 is 2.57. The van der Waals surface area contributed by atoms with E-state index in [-0.39, 0.29) is 0 Å². The molecular weight excluding hydrogens is 415 g/mol. The van der Waals surface area contributed by atoms with Gasteiger partial charge in [0.05, 0.1) is 0 Å². The molecule has 0 nitrogen and oxygen atoms in total. The zero-order chi connectivity index (χ0) is 17.7. The molecule has 0 aromatic heterocycles. The maximum atomic E-state index is 2.74. The molecule has 0 spiro atoms. The van der Waals surface area contributed by atoms with Crippen LogP contribution >= 0.6 is 22.6 Å². The van der Waals surface area contributed by atoms with Gasteiger partial charge in [0.1, 0.15) is 0 Å². The number of halogens is 1. The van der Waals surface area contributed by atoms with Crippen LogP contribution in [0.15, 0.2) is 0 Å². The summed E-state index contributed by atoms with van der Waals surface area (Å²) in [5.41, 5.74) is 1.40. The first-order chi connectivity index (χ1) is 12.0. The van der Waals surface area contributed by atoms with E-state index in [1.807, 2.05) is 0 Å². The van der Waals surface area contributed by atoms with Crippen LogP contribution in [0, 0.1) is 46.3 Å². The SMILES string of the molecule is C[C@H](CCCI)[C@H]1CC[C@H]2[C@@H]3CC[C@@H]4CCCC[C@]4(C)[C@H]3CC[C@]12C. The predicted octanol–water partition coefficient (Wildman–Crippen LogP) is 7.89. The molecule has 4 aliphatic carbocycles. The second-order valence-electron chi connectivity index (χ2n) is 10.9. The number of hydrogen-bond donors (Lipinski definition) is 0. The van der Waals surface area contributed by atoms with E-state index in [1.165, 1.54) is 30.1 Å². The van der Waals surface area contributed by atoms with Crippen molar-refractivity contribution in [2.24, 2.45) is 46.3 Å². The van der Waals surface area contributed by atoms with Crippen LogP contribution in [0.3, 0.4) is 0 Å². The normalized spacial score (nSPS) is 50.6. The highest BCUT2D eigenvalue weighted by Gasteiger charge is 2.59. The van der Waals surface area contributed by atoms with E-state index in [0.717, 1.165) is 35.5 Å².